The van der Waals surface area contributed by atoms with Crippen LogP contribution in [0.4, 0.5) is 0 Å². The van der Waals surface area contributed by atoms with Gasteiger partial charge < -0.3 is 11.5 Å². The Balaban J connectivity index is 0.000000944. The Hall–Kier alpha value is -7.00. The maximum Gasteiger partial charge on any atom is 0.221 e. The molecule has 0 spiro atoms. The molecule has 21 heteroatoms. The summed E-state index contributed by atoms with van der Waals surface area (Å²) in [7, 11) is -2.21. The number of nitrogens with two attached hydrogens (primary N) is 2. The zero-order valence-electron chi connectivity index (χ0n) is 48.8. The molecule has 0 radical (unpaired) electrons. The van der Waals surface area contributed by atoms with E-state index in [-0.39, 0.29) is 24.7 Å². The molecular weight excluding hydrogens is 1350 g/mol. The van der Waals surface area contributed by atoms with E-state index in [0.717, 1.165) is 59.5 Å². The Bertz CT molecular complexity index is 3170. The van der Waals surface area contributed by atoms with Crippen molar-refractivity contribution in [3.05, 3.63) is 173 Å². The lowest BCUT2D eigenvalue weighted by molar-refractivity contribution is -0.118. The van der Waals surface area contributed by atoms with Gasteiger partial charge in [0.15, 0.2) is 6.29 Å². The smallest absolute Gasteiger partial charge is 0.221 e. The first-order chi connectivity index (χ1) is 39.8. The number of carbonyl (C=O) groups excluding carboxylic acids is 3. The Morgan fingerprint density at radius 3 is 1.14 bits per heavy atom. The highest BCUT2D eigenvalue weighted by atomic mass is 79.9. The van der Waals surface area contributed by atoms with Gasteiger partial charge >= 0.3 is 0 Å². The Labute approximate surface area is 534 Å². The van der Waals surface area contributed by atoms with Gasteiger partial charge in [0.05, 0.1) is 31.4 Å². The number of hydrogen-bond donors (Lipinski definition) is 2. The van der Waals surface area contributed by atoms with E-state index in [1.54, 1.807) is 67.8 Å². The molecule has 440 valence electrons. The summed E-state index contributed by atoms with van der Waals surface area (Å²) in [5, 5.41) is 15.6. The van der Waals surface area contributed by atoms with Crippen molar-refractivity contribution in [2.45, 2.75) is 104 Å². The molecule has 2 saturated heterocycles. The quantitative estimate of drug-likeness (QED) is 0.0739. The van der Waals surface area contributed by atoms with Crippen molar-refractivity contribution in [1.29, 1.82) is 10.5 Å². The van der Waals surface area contributed by atoms with Crippen LogP contribution in [0.5, 0.6) is 0 Å². The van der Waals surface area contributed by atoms with Crippen molar-refractivity contribution in [2.24, 2.45) is 11.5 Å². The summed E-state index contributed by atoms with van der Waals surface area (Å²) in [6.45, 7) is 21.2. The highest BCUT2D eigenvalue weighted by Crippen LogP contribution is 2.16. The topological polar surface area (TPSA) is 235 Å². The monoisotopic (exact) mass is 1420 g/mol. The SMILES string of the molecule is Brc1cncc(CN2CCCC2)c1.C#C[Si](C)(C)C.C#C[Si](C)(C)C.C#Cc1cncc(CC(N)=O)c1.C#Cc1cncc(CN2CCCC2)c1.CC#N.N#CCc1cncc(Br)c1.NC(=O)Cc1cncc(Br)c1.O=Cc1cncc(Br)c1. The van der Waals surface area contributed by atoms with Crippen molar-refractivity contribution in [3.8, 4) is 60.8 Å². The fraction of sp³-hybridized carbons (Fsp3) is 0.317. The average Bonchev–Trinajstić information content (AvgIpc) is 4.20. The Morgan fingerprint density at radius 1 is 0.524 bits per heavy atom. The van der Waals surface area contributed by atoms with E-state index >= 15 is 0 Å². The lowest BCUT2D eigenvalue weighted by Gasteiger charge is -2.13. The second-order valence-corrected chi connectivity index (χ2v) is 33.4. The van der Waals surface area contributed by atoms with E-state index in [0.29, 0.717) is 17.5 Å². The van der Waals surface area contributed by atoms with E-state index < -0.39 is 16.1 Å². The second-order valence-electron chi connectivity index (χ2n) is 20.1. The van der Waals surface area contributed by atoms with Gasteiger partial charge in [0, 0.05) is 129 Å². The van der Waals surface area contributed by atoms with Crippen molar-refractivity contribution in [3.63, 3.8) is 0 Å². The third-order valence-electron chi connectivity index (χ3n) is 10.2. The summed E-state index contributed by atoms with van der Waals surface area (Å²) in [4.78, 5) is 59.7. The van der Waals surface area contributed by atoms with Gasteiger partial charge in [-0.25, -0.2) is 0 Å². The molecule has 15 nitrogen and oxygen atoms in total. The van der Waals surface area contributed by atoms with Crippen LogP contribution in [0.3, 0.4) is 0 Å². The normalized spacial score (nSPS) is 11.7. The minimum Gasteiger partial charge on any atom is -0.369 e. The maximum absolute atomic E-state index is 10.5. The van der Waals surface area contributed by atoms with Crippen LogP contribution < -0.4 is 11.5 Å². The number of terminal acetylenes is 4. The molecule has 8 rings (SSSR count). The van der Waals surface area contributed by atoms with E-state index in [4.69, 9.17) is 47.7 Å². The molecule has 0 aliphatic carbocycles. The van der Waals surface area contributed by atoms with Crippen LogP contribution in [0.2, 0.25) is 39.3 Å². The summed E-state index contributed by atoms with van der Waals surface area (Å²) in [6, 6.07) is 15.1. The second kappa shape index (κ2) is 45.4. The van der Waals surface area contributed by atoms with E-state index in [9.17, 15) is 14.4 Å². The number of carbonyl (C=O) groups is 3. The standard InChI is InChI=1S/C12H14N2.C10H13BrN2.C9H8N2O.C7H7BrN2O.C7H5BrN2.C6H4BrNO.2C5H10Si.C2H3N/c1-2-11-7-12(9-13-8-11)10-14-5-3-4-6-14;11-10-5-9(6-12-7-10)8-13-3-1-2-4-13;1-2-7-3-8(4-9(10)12)6-11-5-7;8-6-1-5(2-7(9)11)3-10-4-6;8-7-3-6(1-2-9)4-10-5-7;7-6-1-5(4-9)2-8-3-6;2*1-5-6(2,3)4;1-2-3/h1,7-9H,3-6,10H2;5-7H,1-4,8H2;1,3,5-6H,4H2,(H2,10,12);1,3-4H,2H2,(H2,9,11);3-5H,1H2;1-4H;2*1H,2-4H3;1H3. The zero-order chi connectivity index (χ0) is 63.4. The molecule has 8 heterocycles. The lowest BCUT2D eigenvalue weighted by Crippen LogP contribution is -2.18. The van der Waals surface area contributed by atoms with Gasteiger partial charge in [0.2, 0.25) is 11.8 Å². The third-order valence-corrected chi connectivity index (χ3v) is 13.7. The zero-order valence-corrected chi connectivity index (χ0v) is 57.2. The van der Waals surface area contributed by atoms with E-state index in [1.807, 2.05) is 36.8 Å². The summed E-state index contributed by atoms with van der Waals surface area (Å²) >= 11 is 13.1. The van der Waals surface area contributed by atoms with E-state index in [2.05, 4.69) is 178 Å². The average molecular weight is 1420 g/mol. The number of aldehydes is 1. The number of likely N-dealkylation sites (tertiary alicyclic amines) is 2. The molecule has 4 N–H and O–H groups in total. The number of hydrogen-bond acceptors (Lipinski definition) is 13. The molecule has 2 amide bonds. The number of aromatic nitrogens is 6. The van der Waals surface area contributed by atoms with Gasteiger partial charge in [-0.15, -0.1) is 36.8 Å². The fourth-order valence-corrected chi connectivity index (χ4v) is 7.97. The molecule has 0 aromatic carbocycles. The summed E-state index contributed by atoms with van der Waals surface area (Å²) in [6.07, 6.45) is 48.0. The molecule has 2 aliphatic rings. The molecule has 2 fully saturated rings. The predicted molar refractivity (Wildman–Crippen MR) is 357 cm³/mol. The van der Waals surface area contributed by atoms with Crippen molar-refractivity contribution in [1.82, 2.24) is 39.7 Å². The fourth-order valence-electron chi connectivity index (χ4n) is 6.35. The first-order valence-electron chi connectivity index (χ1n) is 26.1. The van der Waals surface area contributed by atoms with Gasteiger partial charge in [-0.05, 0) is 180 Å². The predicted octanol–water partition coefficient (Wildman–Crippen LogP) is 12.2. The van der Waals surface area contributed by atoms with Gasteiger partial charge in [0.25, 0.3) is 0 Å². The molecule has 6 aromatic heterocycles. The molecular formula is C63H74Br4N12O3Si2. The van der Waals surface area contributed by atoms with Crippen LogP contribution in [0.1, 0.15) is 81.9 Å². The van der Waals surface area contributed by atoms with Crippen LogP contribution in [-0.2, 0) is 41.9 Å². The van der Waals surface area contributed by atoms with Crippen LogP contribution in [-0.4, -0.2) is 100 Å². The van der Waals surface area contributed by atoms with Gasteiger partial charge in [-0.2, -0.15) is 10.5 Å². The number of primary amides is 2. The van der Waals surface area contributed by atoms with Crippen LogP contribution >= 0.6 is 63.7 Å². The molecule has 0 unspecified atom stereocenters. The minimum atomic E-state index is -1.10. The van der Waals surface area contributed by atoms with Crippen molar-refractivity contribution < 1.29 is 14.4 Å². The Kier molecular flexibility index (Phi) is 41.7. The number of amides is 2. The molecule has 6 aromatic rings. The molecule has 0 saturated carbocycles. The summed E-state index contributed by atoms with van der Waals surface area (Å²) in [5.41, 5.74) is 22.6. The third kappa shape index (κ3) is 42.8. The molecule has 0 bridgehead atoms. The summed E-state index contributed by atoms with van der Waals surface area (Å²) in [5.74, 6) is 4.31. The van der Waals surface area contributed by atoms with E-state index in [1.165, 1.54) is 76.1 Å². The highest BCUT2D eigenvalue weighted by molar-refractivity contribution is 9.11. The minimum absolute atomic E-state index is 0.183. The number of nitriles is 2. The molecule has 2 aliphatic heterocycles. The molecule has 84 heavy (non-hydrogen) atoms. The largest absolute Gasteiger partial charge is 0.369 e. The van der Waals surface area contributed by atoms with Crippen molar-refractivity contribution >= 4 is 98.0 Å². The maximum atomic E-state index is 10.5. The number of pyridine rings is 6. The number of nitrogens with zero attached hydrogens (tertiary/aromatic N) is 10. The summed E-state index contributed by atoms with van der Waals surface area (Å²) < 4.78 is 3.67. The van der Waals surface area contributed by atoms with Gasteiger partial charge in [-0.1, -0.05) is 51.1 Å². The number of halogens is 4. The van der Waals surface area contributed by atoms with Gasteiger partial charge in [0.1, 0.15) is 16.1 Å². The van der Waals surface area contributed by atoms with Gasteiger partial charge in [-0.3, -0.25) is 54.1 Å². The van der Waals surface area contributed by atoms with Crippen molar-refractivity contribution in [2.75, 3.05) is 26.2 Å². The Morgan fingerprint density at radius 2 is 0.821 bits per heavy atom. The lowest BCUT2D eigenvalue weighted by atomic mass is 10.1. The van der Waals surface area contributed by atoms with Crippen LogP contribution in [0, 0.1) is 71.3 Å². The van der Waals surface area contributed by atoms with Crippen LogP contribution in [0.25, 0.3) is 0 Å². The van der Waals surface area contributed by atoms with Crippen LogP contribution in [0.15, 0.2) is 129 Å². The first-order valence-corrected chi connectivity index (χ1v) is 36.3. The number of rotatable bonds is 10. The first kappa shape index (κ1) is 77.0. The highest BCUT2D eigenvalue weighted by Gasteiger charge is 2.13. The molecule has 0 atom stereocenters.